The van der Waals surface area contributed by atoms with Crippen LogP contribution in [0.2, 0.25) is 0 Å². The van der Waals surface area contributed by atoms with Gasteiger partial charge in [-0.25, -0.2) is 0 Å². The number of carbonyl (C=O) groups is 1. The summed E-state index contributed by atoms with van der Waals surface area (Å²) in [4.78, 5) is 11.2. The Morgan fingerprint density at radius 3 is 2.56 bits per heavy atom. The number of unbranched alkanes of at least 4 members (excludes halogenated alkanes) is 3. The Balaban J connectivity index is 2.77. The lowest BCUT2D eigenvalue weighted by atomic mass is 9.92. The van der Waals surface area contributed by atoms with Crippen molar-refractivity contribution in [3.05, 3.63) is 23.8 Å². The van der Waals surface area contributed by atoms with Gasteiger partial charge in [-0.1, -0.05) is 32.6 Å². The molecule has 4 nitrogen and oxygen atoms in total. The molecule has 0 aliphatic carbocycles. The van der Waals surface area contributed by atoms with Crippen molar-refractivity contribution in [1.29, 1.82) is 0 Å². The number of benzene rings is 1. The van der Waals surface area contributed by atoms with E-state index in [-0.39, 0.29) is 11.5 Å². The van der Waals surface area contributed by atoms with Crippen LogP contribution in [0.15, 0.2) is 18.2 Å². The number of carboxylic acids is 1. The van der Waals surface area contributed by atoms with E-state index in [1.165, 1.54) is 18.2 Å². The van der Waals surface area contributed by atoms with Gasteiger partial charge in [-0.05, 0) is 24.6 Å². The Morgan fingerprint density at radius 1 is 1.22 bits per heavy atom. The standard InChI is InChI=1S/C14H20O4/c1-2-3-4-5-6-11(14(17)18)12-9-10(15)7-8-13(12)16/h7-9,11,15-16H,2-6H2,1H3,(H,17,18). The second kappa shape index (κ2) is 6.89. The van der Waals surface area contributed by atoms with Crippen LogP contribution in [-0.4, -0.2) is 21.3 Å². The van der Waals surface area contributed by atoms with Crippen molar-refractivity contribution in [2.75, 3.05) is 0 Å². The van der Waals surface area contributed by atoms with Gasteiger partial charge in [0.05, 0.1) is 5.92 Å². The fraction of sp³-hybridized carbons (Fsp3) is 0.500. The highest BCUT2D eigenvalue weighted by Gasteiger charge is 2.22. The summed E-state index contributed by atoms with van der Waals surface area (Å²) >= 11 is 0. The van der Waals surface area contributed by atoms with Crippen molar-refractivity contribution in [1.82, 2.24) is 0 Å². The molecule has 4 heteroatoms. The lowest BCUT2D eigenvalue weighted by Crippen LogP contribution is -2.11. The van der Waals surface area contributed by atoms with Gasteiger partial charge in [0, 0.05) is 5.56 Å². The maximum atomic E-state index is 11.2. The zero-order chi connectivity index (χ0) is 13.5. The molecule has 0 saturated carbocycles. The second-order valence-electron chi connectivity index (χ2n) is 4.48. The highest BCUT2D eigenvalue weighted by atomic mass is 16.4. The van der Waals surface area contributed by atoms with Gasteiger partial charge in [-0.3, -0.25) is 4.79 Å². The number of rotatable bonds is 7. The van der Waals surface area contributed by atoms with Gasteiger partial charge in [0.2, 0.25) is 0 Å². The molecule has 3 N–H and O–H groups in total. The van der Waals surface area contributed by atoms with Gasteiger partial charge < -0.3 is 15.3 Å². The second-order valence-corrected chi connectivity index (χ2v) is 4.48. The molecule has 0 amide bonds. The average Bonchev–Trinajstić information content (AvgIpc) is 2.32. The highest BCUT2D eigenvalue weighted by molar-refractivity contribution is 5.77. The molecular formula is C14H20O4. The first-order valence-corrected chi connectivity index (χ1v) is 6.31. The van der Waals surface area contributed by atoms with Gasteiger partial charge in [0.25, 0.3) is 0 Å². The molecule has 1 aromatic rings. The Hall–Kier alpha value is -1.71. The maximum Gasteiger partial charge on any atom is 0.311 e. The monoisotopic (exact) mass is 252 g/mol. The largest absolute Gasteiger partial charge is 0.508 e. The number of hydrogen-bond donors (Lipinski definition) is 3. The van der Waals surface area contributed by atoms with E-state index in [4.69, 9.17) is 0 Å². The molecule has 0 spiro atoms. The Kier molecular flexibility index (Phi) is 5.49. The molecule has 0 saturated heterocycles. The molecule has 1 unspecified atom stereocenters. The van der Waals surface area contributed by atoms with Gasteiger partial charge in [-0.2, -0.15) is 0 Å². The number of aliphatic carboxylic acids is 1. The molecule has 1 aromatic carbocycles. The van der Waals surface area contributed by atoms with E-state index in [1.54, 1.807) is 0 Å². The molecule has 0 radical (unpaired) electrons. The van der Waals surface area contributed by atoms with E-state index < -0.39 is 11.9 Å². The van der Waals surface area contributed by atoms with E-state index >= 15 is 0 Å². The normalized spacial score (nSPS) is 12.3. The van der Waals surface area contributed by atoms with E-state index in [9.17, 15) is 20.1 Å². The van der Waals surface area contributed by atoms with Crippen molar-refractivity contribution in [3.8, 4) is 11.5 Å². The number of phenolic OH excluding ortho intramolecular Hbond substituents is 2. The molecule has 0 bridgehead atoms. The maximum absolute atomic E-state index is 11.2. The minimum absolute atomic E-state index is 0.0254. The molecule has 0 aliphatic heterocycles. The zero-order valence-electron chi connectivity index (χ0n) is 10.6. The van der Waals surface area contributed by atoms with Crippen LogP contribution in [0, 0.1) is 0 Å². The third kappa shape index (κ3) is 3.95. The first kappa shape index (κ1) is 14.4. The van der Waals surface area contributed by atoms with Crippen LogP contribution in [0.3, 0.4) is 0 Å². The van der Waals surface area contributed by atoms with Crippen LogP contribution in [-0.2, 0) is 4.79 Å². The van der Waals surface area contributed by atoms with Gasteiger partial charge >= 0.3 is 5.97 Å². The molecule has 1 atom stereocenters. The summed E-state index contributed by atoms with van der Waals surface area (Å²) in [5.41, 5.74) is 0.291. The Bertz CT molecular complexity index is 401. The third-order valence-corrected chi connectivity index (χ3v) is 3.03. The predicted octanol–water partition coefficient (Wildman–Crippen LogP) is 3.24. The lowest BCUT2D eigenvalue weighted by molar-refractivity contribution is -0.139. The molecule has 0 fully saturated rings. The first-order valence-electron chi connectivity index (χ1n) is 6.31. The minimum atomic E-state index is -0.965. The predicted molar refractivity (Wildman–Crippen MR) is 68.9 cm³/mol. The van der Waals surface area contributed by atoms with E-state index in [0.29, 0.717) is 12.0 Å². The van der Waals surface area contributed by atoms with E-state index in [1.807, 2.05) is 0 Å². The minimum Gasteiger partial charge on any atom is -0.508 e. The van der Waals surface area contributed by atoms with Crippen molar-refractivity contribution in [2.24, 2.45) is 0 Å². The fourth-order valence-electron chi connectivity index (χ4n) is 2.01. The topological polar surface area (TPSA) is 77.8 Å². The highest BCUT2D eigenvalue weighted by Crippen LogP contribution is 2.32. The van der Waals surface area contributed by atoms with Crippen LogP contribution >= 0.6 is 0 Å². The lowest BCUT2D eigenvalue weighted by Gasteiger charge is -2.14. The summed E-state index contributed by atoms with van der Waals surface area (Å²) in [7, 11) is 0. The molecule has 0 aliphatic rings. The van der Waals surface area contributed by atoms with E-state index in [0.717, 1.165) is 25.7 Å². The van der Waals surface area contributed by atoms with Crippen LogP contribution in [0.5, 0.6) is 11.5 Å². The van der Waals surface area contributed by atoms with E-state index in [2.05, 4.69) is 6.92 Å². The number of carboxylic acid groups (broad SMARTS) is 1. The fourth-order valence-corrected chi connectivity index (χ4v) is 2.01. The zero-order valence-corrected chi connectivity index (χ0v) is 10.6. The van der Waals surface area contributed by atoms with Crippen molar-refractivity contribution in [3.63, 3.8) is 0 Å². The van der Waals surface area contributed by atoms with Gasteiger partial charge in [0.15, 0.2) is 0 Å². The number of hydrogen-bond acceptors (Lipinski definition) is 3. The Labute approximate surface area is 107 Å². The first-order chi connectivity index (χ1) is 8.56. The van der Waals surface area contributed by atoms with Crippen LogP contribution in [0.25, 0.3) is 0 Å². The molecule has 100 valence electrons. The van der Waals surface area contributed by atoms with Crippen molar-refractivity contribution >= 4 is 5.97 Å². The van der Waals surface area contributed by atoms with Crippen LogP contribution in [0.1, 0.15) is 50.5 Å². The summed E-state index contributed by atoms with van der Waals surface area (Å²) < 4.78 is 0. The summed E-state index contributed by atoms with van der Waals surface area (Å²) in [5.74, 6) is -1.82. The summed E-state index contributed by atoms with van der Waals surface area (Å²) in [6, 6.07) is 4.00. The van der Waals surface area contributed by atoms with Gasteiger partial charge in [0.1, 0.15) is 11.5 Å². The quantitative estimate of drug-likeness (QED) is 0.514. The molecule has 1 rings (SSSR count). The summed E-state index contributed by atoms with van der Waals surface area (Å²) in [5, 5.41) is 28.3. The SMILES string of the molecule is CCCCCCC(C(=O)O)c1cc(O)ccc1O. The van der Waals surface area contributed by atoms with Gasteiger partial charge in [-0.15, -0.1) is 0 Å². The third-order valence-electron chi connectivity index (χ3n) is 3.03. The summed E-state index contributed by atoms with van der Waals surface area (Å²) in [6.45, 7) is 2.09. The van der Waals surface area contributed by atoms with Crippen LogP contribution in [0.4, 0.5) is 0 Å². The molecule has 0 heterocycles. The molecule has 0 aromatic heterocycles. The number of phenols is 2. The van der Waals surface area contributed by atoms with Crippen molar-refractivity contribution < 1.29 is 20.1 Å². The molecule has 18 heavy (non-hydrogen) atoms. The van der Waals surface area contributed by atoms with Crippen molar-refractivity contribution in [2.45, 2.75) is 44.9 Å². The smallest absolute Gasteiger partial charge is 0.311 e. The van der Waals surface area contributed by atoms with Crippen LogP contribution < -0.4 is 0 Å². The molecular weight excluding hydrogens is 232 g/mol. The average molecular weight is 252 g/mol. The number of aromatic hydroxyl groups is 2. The summed E-state index contributed by atoms with van der Waals surface area (Å²) in [6.07, 6.45) is 4.44. The Morgan fingerprint density at radius 2 is 1.94 bits per heavy atom.